The molecular weight excluding hydrogens is 557 g/mol. The second-order valence-corrected chi connectivity index (χ2v) is 10.4. The smallest absolute Gasteiger partial charge is 0.341 e. The number of aromatic nitrogens is 3. The van der Waals surface area contributed by atoms with Crippen molar-refractivity contribution in [3.05, 3.63) is 63.5 Å². The van der Waals surface area contributed by atoms with Crippen molar-refractivity contribution < 1.29 is 28.2 Å². The molecule has 3 N–H and O–H groups in total. The van der Waals surface area contributed by atoms with E-state index in [0.29, 0.717) is 23.1 Å². The minimum absolute atomic E-state index is 0.00929. The van der Waals surface area contributed by atoms with Gasteiger partial charge in [0.25, 0.3) is 5.91 Å². The molecule has 2 heterocycles. The summed E-state index contributed by atoms with van der Waals surface area (Å²) in [7, 11) is 0. The van der Waals surface area contributed by atoms with E-state index in [-0.39, 0.29) is 38.6 Å². The van der Waals surface area contributed by atoms with Gasteiger partial charge in [-0.1, -0.05) is 29.4 Å². The van der Waals surface area contributed by atoms with E-state index in [2.05, 4.69) is 22.1 Å². The number of esters is 1. The number of thioether (sulfide) groups is 1. The number of hydrogen-bond acceptors (Lipinski definition) is 9. The monoisotopic (exact) mass is 581 g/mol. The molecule has 3 aromatic rings. The standard InChI is InChI=1S/C24H25ClFN5O5S2/c1-5-8-31-17(10-35-16-7-6-14(26)9-15(16)25)29-30-24(31)37-11-18(32)28-22-19(23(34)36-12(2)3)13(4)20(38-22)21(27)33/h5-7,9,12H,1,8,10-11H2,2-4H3,(H2,27,33)(H,28,32). The van der Waals surface area contributed by atoms with E-state index in [0.717, 1.165) is 29.2 Å². The predicted molar refractivity (Wildman–Crippen MR) is 143 cm³/mol. The van der Waals surface area contributed by atoms with Crippen molar-refractivity contribution in [3.8, 4) is 5.75 Å². The summed E-state index contributed by atoms with van der Waals surface area (Å²) < 4.78 is 25.9. The number of ether oxygens (including phenoxy) is 2. The normalized spacial score (nSPS) is 10.9. The second-order valence-electron chi connectivity index (χ2n) is 8.08. The Balaban J connectivity index is 1.72. The zero-order chi connectivity index (χ0) is 28.0. The molecule has 0 radical (unpaired) electrons. The molecular formula is C24H25ClFN5O5S2. The van der Waals surface area contributed by atoms with Crippen LogP contribution in [-0.4, -0.2) is 44.4 Å². The second kappa shape index (κ2) is 12.9. The number of halogens is 2. The third kappa shape index (κ3) is 7.11. The molecule has 0 saturated carbocycles. The first-order chi connectivity index (χ1) is 18.0. The summed E-state index contributed by atoms with van der Waals surface area (Å²) in [6, 6.07) is 3.78. The van der Waals surface area contributed by atoms with Gasteiger partial charge in [-0.3, -0.25) is 14.2 Å². The number of allylic oxidation sites excluding steroid dienone is 1. The molecule has 3 rings (SSSR count). The summed E-state index contributed by atoms with van der Waals surface area (Å²) in [5.74, 6) is -1.68. The summed E-state index contributed by atoms with van der Waals surface area (Å²) in [6.45, 7) is 9.01. The topological polar surface area (TPSA) is 138 Å². The number of rotatable bonds is 12. The lowest BCUT2D eigenvalue weighted by molar-refractivity contribution is -0.113. The van der Waals surface area contributed by atoms with E-state index in [4.69, 9.17) is 26.8 Å². The lowest BCUT2D eigenvalue weighted by atomic mass is 10.1. The molecule has 0 spiro atoms. The lowest BCUT2D eigenvalue weighted by Crippen LogP contribution is -2.18. The molecule has 10 nitrogen and oxygen atoms in total. The van der Waals surface area contributed by atoms with Crippen LogP contribution in [0.1, 0.15) is 45.3 Å². The Morgan fingerprint density at radius 2 is 2.08 bits per heavy atom. The van der Waals surface area contributed by atoms with Crippen LogP contribution in [0.3, 0.4) is 0 Å². The minimum atomic E-state index is -0.713. The van der Waals surface area contributed by atoms with Crippen LogP contribution in [0.4, 0.5) is 9.39 Å². The van der Waals surface area contributed by atoms with E-state index in [1.54, 1.807) is 31.4 Å². The Bertz CT molecular complexity index is 1370. The van der Waals surface area contributed by atoms with Crippen LogP contribution >= 0.6 is 34.7 Å². The number of thiophene rings is 1. The third-order valence-corrected chi connectivity index (χ3v) is 7.34. The van der Waals surface area contributed by atoms with E-state index in [9.17, 15) is 18.8 Å². The van der Waals surface area contributed by atoms with Crippen LogP contribution in [0, 0.1) is 12.7 Å². The number of primary amides is 1. The van der Waals surface area contributed by atoms with E-state index >= 15 is 0 Å². The number of anilines is 1. The molecule has 0 unspecified atom stereocenters. The van der Waals surface area contributed by atoms with Crippen LogP contribution in [0.2, 0.25) is 5.02 Å². The number of nitrogens with one attached hydrogen (secondary N) is 1. The first-order valence-electron chi connectivity index (χ1n) is 11.2. The summed E-state index contributed by atoms with van der Waals surface area (Å²) in [5.41, 5.74) is 5.86. The van der Waals surface area contributed by atoms with E-state index in [1.807, 2.05) is 0 Å². The Labute approximate surface area is 231 Å². The van der Waals surface area contributed by atoms with Crippen molar-refractivity contribution in [1.82, 2.24) is 14.8 Å². The van der Waals surface area contributed by atoms with Crippen molar-refractivity contribution >= 4 is 57.5 Å². The van der Waals surface area contributed by atoms with Gasteiger partial charge in [0.05, 0.1) is 27.3 Å². The highest BCUT2D eigenvalue weighted by atomic mass is 35.5. The highest BCUT2D eigenvalue weighted by Gasteiger charge is 2.26. The molecule has 38 heavy (non-hydrogen) atoms. The molecule has 2 amide bonds. The Morgan fingerprint density at radius 1 is 1.34 bits per heavy atom. The van der Waals surface area contributed by atoms with Crippen molar-refractivity contribution in [3.63, 3.8) is 0 Å². The average molecular weight is 582 g/mol. The fraction of sp³-hybridized carbons (Fsp3) is 0.292. The van der Waals surface area contributed by atoms with Crippen LogP contribution in [-0.2, 0) is 22.7 Å². The van der Waals surface area contributed by atoms with Gasteiger partial charge >= 0.3 is 5.97 Å². The SMILES string of the molecule is C=CCn1c(COc2ccc(F)cc2Cl)nnc1SCC(=O)Nc1sc(C(N)=O)c(C)c1C(=O)OC(C)C. The van der Waals surface area contributed by atoms with Gasteiger partial charge in [0.15, 0.2) is 11.0 Å². The fourth-order valence-electron chi connectivity index (χ4n) is 3.23. The van der Waals surface area contributed by atoms with Crippen LogP contribution in [0.25, 0.3) is 0 Å². The molecule has 202 valence electrons. The zero-order valence-corrected chi connectivity index (χ0v) is 23.1. The fourth-order valence-corrected chi connectivity index (χ4v) is 5.28. The molecule has 14 heteroatoms. The third-order valence-electron chi connectivity index (χ3n) is 4.86. The Morgan fingerprint density at radius 3 is 2.71 bits per heavy atom. The summed E-state index contributed by atoms with van der Waals surface area (Å²) in [5, 5.41) is 11.6. The zero-order valence-electron chi connectivity index (χ0n) is 20.7. The maximum atomic E-state index is 13.3. The highest BCUT2D eigenvalue weighted by Crippen LogP contribution is 2.34. The van der Waals surface area contributed by atoms with E-state index < -0.39 is 29.7 Å². The number of carbonyl (C=O) groups is 3. The van der Waals surface area contributed by atoms with Gasteiger partial charge in [-0.2, -0.15) is 0 Å². The maximum absolute atomic E-state index is 13.3. The van der Waals surface area contributed by atoms with Crippen molar-refractivity contribution in [2.75, 3.05) is 11.1 Å². The van der Waals surface area contributed by atoms with Gasteiger partial charge in [0, 0.05) is 6.54 Å². The lowest BCUT2D eigenvalue weighted by Gasteiger charge is -2.11. The van der Waals surface area contributed by atoms with Gasteiger partial charge in [-0.25, -0.2) is 9.18 Å². The molecule has 0 atom stereocenters. The van der Waals surface area contributed by atoms with Crippen LogP contribution in [0.5, 0.6) is 5.75 Å². The summed E-state index contributed by atoms with van der Waals surface area (Å²) in [6.07, 6.45) is 1.24. The number of nitrogens with two attached hydrogens (primary N) is 1. The number of carbonyl (C=O) groups excluding carboxylic acids is 3. The molecule has 0 bridgehead atoms. The highest BCUT2D eigenvalue weighted by molar-refractivity contribution is 7.99. The molecule has 0 saturated heterocycles. The van der Waals surface area contributed by atoms with Gasteiger partial charge < -0.3 is 20.5 Å². The quantitative estimate of drug-likeness (QED) is 0.180. The summed E-state index contributed by atoms with van der Waals surface area (Å²) >= 11 is 8.02. The Hall–Kier alpha value is -3.42. The molecule has 0 aliphatic rings. The molecule has 0 aliphatic carbocycles. The predicted octanol–water partition coefficient (Wildman–Crippen LogP) is 4.60. The van der Waals surface area contributed by atoms with Crippen molar-refractivity contribution in [2.24, 2.45) is 5.73 Å². The van der Waals surface area contributed by atoms with Gasteiger partial charge in [-0.05, 0) is 44.5 Å². The van der Waals surface area contributed by atoms with Crippen LogP contribution in [0.15, 0.2) is 36.0 Å². The van der Waals surface area contributed by atoms with Gasteiger partial charge in [0.1, 0.15) is 23.2 Å². The first-order valence-corrected chi connectivity index (χ1v) is 13.4. The van der Waals surface area contributed by atoms with Crippen molar-refractivity contribution in [2.45, 2.75) is 45.2 Å². The molecule has 1 aromatic carbocycles. The molecule has 2 aromatic heterocycles. The number of nitrogens with zero attached hydrogens (tertiary/aromatic N) is 3. The minimum Gasteiger partial charge on any atom is -0.484 e. The van der Waals surface area contributed by atoms with E-state index in [1.165, 1.54) is 12.1 Å². The first kappa shape index (κ1) is 29.1. The van der Waals surface area contributed by atoms with Gasteiger partial charge in [0.2, 0.25) is 5.91 Å². The number of benzene rings is 1. The average Bonchev–Trinajstić information content (AvgIpc) is 3.37. The Kier molecular flexibility index (Phi) is 9.89. The molecule has 0 fully saturated rings. The molecule has 0 aliphatic heterocycles. The maximum Gasteiger partial charge on any atom is 0.341 e. The van der Waals surface area contributed by atoms with Crippen LogP contribution < -0.4 is 15.8 Å². The largest absolute Gasteiger partial charge is 0.484 e. The number of hydrogen-bond donors (Lipinski definition) is 2. The number of amides is 2. The van der Waals surface area contributed by atoms with Gasteiger partial charge in [-0.15, -0.1) is 28.1 Å². The summed E-state index contributed by atoms with van der Waals surface area (Å²) in [4.78, 5) is 37.4. The van der Waals surface area contributed by atoms with Crippen molar-refractivity contribution in [1.29, 1.82) is 0 Å².